The highest BCUT2D eigenvalue weighted by atomic mass is 32.2. The third-order valence-electron chi connectivity index (χ3n) is 5.35. The average Bonchev–Trinajstić information content (AvgIpc) is 3.49. The highest BCUT2D eigenvalue weighted by molar-refractivity contribution is 7.89. The van der Waals surface area contributed by atoms with Gasteiger partial charge in [0.15, 0.2) is 11.5 Å². The second-order valence-electron chi connectivity index (χ2n) is 7.20. The summed E-state index contributed by atoms with van der Waals surface area (Å²) in [5.41, 5.74) is 1.39. The van der Waals surface area contributed by atoms with Gasteiger partial charge in [0.05, 0.1) is 19.1 Å². The Morgan fingerprint density at radius 3 is 2.38 bits per heavy atom. The van der Waals surface area contributed by atoms with Crippen molar-refractivity contribution in [1.82, 2.24) is 19.4 Å². The fourth-order valence-electron chi connectivity index (χ4n) is 3.47. The van der Waals surface area contributed by atoms with Crippen molar-refractivity contribution in [3.05, 3.63) is 35.7 Å². The van der Waals surface area contributed by atoms with Gasteiger partial charge in [0.1, 0.15) is 5.69 Å². The number of sulfonamides is 1. The van der Waals surface area contributed by atoms with Gasteiger partial charge < -0.3 is 14.4 Å². The first kappa shape index (κ1) is 19.7. The van der Waals surface area contributed by atoms with Crippen LogP contribution in [0, 0.1) is 0 Å². The van der Waals surface area contributed by atoms with Crippen LogP contribution in [0.15, 0.2) is 29.2 Å². The summed E-state index contributed by atoms with van der Waals surface area (Å²) in [6.45, 7) is 1.08. The van der Waals surface area contributed by atoms with Crippen molar-refractivity contribution in [2.75, 3.05) is 40.4 Å². The van der Waals surface area contributed by atoms with E-state index >= 15 is 0 Å². The molecule has 4 rings (SSSR count). The summed E-state index contributed by atoms with van der Waals surface area (Å²) in [6, 6.07) is 6.33. The van der Waals surface area contributed by atoms with Crippen molar-refractivity contribution < 1.29 is 22.7 Å². The van der Waals surface area contributed by atoms with Gasteiger partial charge in [-0.25, -0.2) is 8.42 Å². The number of aromatic nitrogens is 2. The van der Waals surface area contributed by atoms with E-state index in [0.29, 0.717) is 36.2 Å². The number of nitrogens with zero attached hydrogens (tertiary/aromatic N) is 3. The lowest BCUT2D eigenvalue weighted by Gasteiger charge is -2.33. The summed E-state index contributed by atoms with van der Waals surface area (Å²) < 4.78 is 37.8. The van der Waals surface area contributed by atoms with Gasteiger partial charge in [-0.1, -0.05) is 0 Å². The zero-order valence-corrected chi connectivity index (χ0v) is 17.2. The van der Waals surface area contributed by atoms with Gasteiger partial charge in [-0.05, 0) is 31.0 Å². The number of methoxy groups -OCH3 is 2. The molecule has 2 fully saturated rings. The monoisotopic (exact) mass is 420 g/mol. The van der Waals surface area contributed by atoms with Crippen molar-refractivity contribution in [2.45, 2.75) is 23.7 Å². The number of carbonyl (C=O) groups is 1. The zero-order chi connectivity index (χ0) is 20.6. The van der Waals surface area contributed by atoms with Gasteiger partial charge in [-0.15, -0.1) is 0 Å². The fraction of sp³-hybridized carbons (Fsp3) is 0.474. The summed E-state index contributed by atoms with van der Waals surface area (Å²) >= 11 is 0. The molecule has 1 aromatic carbocycles. The molecule has 0 unspecified atom stereocenters. The Hall–Kier alpha value is -2.59. The lowest BCUT2D eigenvalue weighted by Crippen LogP contribution is -2.50. The summed E-state index contributed by atoms with van der Waals surface area (Å²) in [5, 5.41) is 7.07. The standard InChI is InChI=1S/C19H24N4O5S/c1-27-17-6-5-14(11-18(17)28-2)29(25,26)23-9-7-22(8-10-23)19(24)16-12-15(20-21-16)13-3-4-13/h5-6,11-13H,3-4,7-10H2,1-2H3,(H,20,21). The van der Waals surface area contributed by atoms with Gasteiger partial charge in [0.25, 0.3) is 5.91 Å². The maximum Gasteiger partial charge on any atom is 0.274 e. The predicted octanol–water partition coefficient (Wildman–Crippen LogP) is 1.45. The number of hydrogen-bond donors (Lipinski definition) is 1. The molecule has 9 nitrogen and oxygen atoms in total. The Morgan fingerprint density at radius 1 is 1.07 bits per heavy atom. The Bertz CT molecular complexity index is 1010. The van der Waals surface area contributed by atoms with Gasteiger partial charge in [0, 0.05) is 43.9 Å². The molecular formula is C19H24N4O5S. The molecule has 1 aromatic heterocycles. The number of piperazine rings is 1. The number of ether oxygens (including phenoxy) is 2. The summed E-state index contributed by atoms with van der Waals surface area (Å²) in [6.07, 6.45) is 2.25. The summed E-state index contributed by atoms with van der Waals surface area (Å²) in [4.78, 5) is 14.5. The smallest absolute Gasteiger partial charge is 0.274 e. The molecule has 1 amide bonds. The van der Waals surface area contributed by atoms with Gasteiger partial charge in [-0.3, -0.25) is 9.89 Å². The van der Waals surface area contributed by atoms with Gasteiger partial charge in [0.2, 0.25) is 10.0 Å². The highest BCUT2D eigenvalue weighted by Crippen LogP contribution is 2.39. The van der Waals surface area contributed by atoms with Crippen molar-refractivity contribution in [1.29, 1.82) is 0 Å². The lowest BCUT2D eigenvalue weighted by molar-refractivity contribution is 0.0692. The average molecular weight is 420 g/mol. The van der Waals surface area contributed by atoms with Crippen molar-refractivity contribution in [3.8, 4) is 11.5 Å². The van der Waals surface area contributed by atoms with E-state index in [4.69, 9.17) is 9.47 Å². The Labute approximate surface area is 169 Å². The molecule has 0 atom stereocenters. The highest BCUT2D eigenvalue weighted by Gasteiger charge is 2.32. The molecule has 1 aliphatic carbocycles. The molecule has 1 N–H and O–H groups in total. The van der Waals surface area contributed by atoms with Crippen LogP contribution in [0.5, 0.6) is 11.5 Å². The van der Waals surface area contributed by atoms with Crippen LogP contribution in [-0.2, 0) is 10.0 Å². The number of rotatable bonds is 6. The first-order valence-electron chi connectivity index (χ1n) is 9.51. The van der Waals surface area contributed by atoms with E-state index in [9.17, 15) is 13.2 Å². The largest absolute Gasteiger partial charge is 0.493 e. The molecule has 2 aliphatic rings. The first-order valence-corrected chi connectivity index (χ1v) is 10.9. The van der Waals surface area contributed by atoms with E-state index in [-0.39, 0.29) is 23.9 Å². The van der Waals surface area contributed by atoms with Crippen LogP contribution in [0.25, 0.3) is 0 Å². The fourth-order valence-corrected chi connectivity index (χ4v) is 4.91. The van der Waals surface area contributed by atoms with Crippen LogP contribution >= 0.6 is 0 Å². The third-order valence-corrected chi connectivity index (χ3v) is 7.25. The maximum absolute atomic E-state index is 13.0. The molecule has 2 heterocycles. The number of amides is 1. The number of hydrogen-bond acceptors (Lipinski definition) is 6. The van der Waals surface area contributed by atoms with E-state index in [1.165, 1.54) is 30.7 Å². The molecular weight excluding hydrogens is 396 g/mol. The van der Waals surface area contributed by atoms with E-state index in [1.807, 2.05) is 6.07 Å². The number of nitrogens with one attached hydrogen (secondary N) is 1. The lowest BCUT2D eigenvalue weighted by atomic mass is 10.2. The Kier molecular flexibility index (Phi) is 5.22. The number of benzene rings is 1. The summed E-state index contributed by atoms with van der Waals surface area (Å²) in [7, 11) is -0.738. The van der Waals surface area contributed by atoms with Gasteiger partial charge in [-0.2, -0.15) is 9.40 Å². The summed E-state index contributed by atoms with van der Waals surface area (Å²) in [5.74, 6) is 1.14. The molecule has 1 aliphatic heterocycles. The van der Waals surface area contributed by atoms with Crippen molar-refractivity contribution in [3.63, 3.8) is 0 Å². The topological polar surface area (TPSA) is 105 Å². The Balaban J connectivity index is 1.43. The van der Waals surface area contributed by atoms with E-state index in [1.54, 1.807) is 11.0 Å². The van der Waals surface area contributed by atoms with Crippen LogP contribution in [-0.4, -0.2) is 74.1 Å². The molecule has 0 spiro atoms. The number of carbonyl (C=O) groups excluding carboxylic acids is 1. The normalized spacial score (nSPS) is 17.9. The molecule has 156 valence electrons. The third kappa shape index (κ3) is 3.82. The quantitative estimate of drug-likeness (QED) is 0.758. The maximum atomic E-state index is 13.0. The van der Waals surface area contributed by atoms with E-state index < -0.39 is 10.0 Å². The second kappa shape index (κ2) is 7.68. The minimum atomic E-state index is -3.69. The number of H-pyrrole nitrogens is 1. The molecule has 29 heavy (non-hydrogen) atoms. The minimum absolute atomic E-state index is 0.135. The van der Waals surface area contributed by atoms with Crippen LogP contribution in [0.1, 0.15) is 34.9 Å². The van der Waals surface area contributed by atoms with Crippen LogP contribution < -0.4 is 9.47 Å². The van der Waals surface area contributed by atoms with E-state index in [2.05, 4.69) is 10.2 Å². The minimum Gasteiger partial charge on any atom is -0.493 e. The second-order valence-corrected chi connectivity index (χ2v) is 9.13. The zero-order valence-electron chi connectivity index (χ0n) is 16.4. The molecule has 0 radical (unpaired) electrons. The van der Waals surface area contributed by atoms with Crippen LogP contribution in [0.2, 0.25) is 0 Å². The van der Waals surface area contributed by atoms with Crippen LogP contribution in [0.4, 0.5) is 0 Å². The molecule has 10 heteroatoms. The van der Waals surface area contributed by atoms with Crippen LogP contribution in [0.3, 0.4) is 0 Å². The first-order chi connectivity index (χ1) is 13.9. The SMILES string of the molecule is COc1ccc(S(=O)(=O)N2CCN(C(=O)c3cc(C4CC4)[nH]n3)CC2)cc1OC. The van der Waals surface area contributed by atoms with Gasteiger partial charge >= 0.3 is 0 Å². The predicted molar refractivity (Wildman–Crippen MR) is 105 cm³/mol. The molecule has 2 aromatic rings. The number of aromatic amines is 1. The van der Waals surface area contributed by atoms with Crippen molar-refractivity contribution >= 4 is 15.9 Å². The van der Waals surface area contributed by atoms with Crippen molar-refractivity contribution in [2.24, 2.45) is 0 Å². The molecule has 1 saturated carbocycles. The molecule has 1 saturated heterocycles. The Morgan fingerprint density at radius 2 is 1.76 bits per heavy atom. The van der Waals surface area contributed by atoms with E-state index in [0.717, 1.165) is 18.5 Å². The molecule has 0 bridgehead atoms.